The molecule has 0 aromatic heterocycles. The second-order valence-corrected chi connectivity index (χ2v) is 11.0. The van der Waals surface area contributed by atoms with Crippen molar-refractivity contribution < 1.29 is 9.59 Å². The van der Waals surface area contributed by atoms with E-state index in [9.17, 15) is 9.59 Å². The number of amides is 2. The molecule has 0 aliphatic carbocycles. The Morgan fingerprint density at radius 3 is 2.14 bits per heavy atom. The van der Waals surface area contributed by atoms with E-state index in [2.05, 4.69) is 5.32 Å². The average Bonchev–Trinajstić information content (AvgIpc) is 2.82. The number of hydrogen-bond donors (Lipinski definition) is 1. The minimum Gasteiger partial charge on any atom is -0.350 e. The fourth-order valence-electron chi connectivity index (χ4n) is 3.93. The predicted octanol–water partition coefficient (Wildman–Crippen LogP) is 7.13. The summed E-state index contributed by atoms with van der Waals surface area (Å²) in [5.74, 6) is -0.358. The number of nitrogens with zero attached hydrogens (tertiary/aromatic N) is 1. The van der Waals surface area contributed by atoms with Crippen LogP contribution in [0, 0.1) is 0 Å². The number of nitrogens with one attached hydrogen (secondary N) is 1. The van der Waals surface area contributed by atoms with Gasteiger partial charge in [-0.2, -0.15) is 0 Å². The van der Waals surface area contributed by atoms with Crippen LogP contribution in [0.25, 0.3) is 0 Å². The van der Waals surface area contributed by atoms with Gasteiger partial charge in [0.15, 0.2) is 0 Å². The van der Waals surface area contributed by atoms with Crippen LogP contribution < -0.4 is 5.32 Å². The SMILES string of the molecule is CC(C)(C)NC(=O)[C@H](Cc1ccccc1)N(Cc1ccc(Cl)c(Cl)c1)C(=O)CCc1ccccc1Cl. The highest BCUT2D eigenvalue weighted by atomic mass is 35.5. The van der Waals surface area contributed by atoms with Crippen LogP contribution in [0.4, 0.5) is 0 Å². The van der Waals surface area contributed by atoms with Crippen molar-refractivity contribution in [3.63, 3.8) is 0 Å². The predicted molar refractivity (Wildman–Crippen MR) is 149 cm³/mol. The van der Waals surface area contributed by atoms with Gasteiger partial charge in [-0.15, -0.1) is 0 Å². The first-order chi connectivity index (χ1) is 17.0. The maximum Gasteiger partial charge on any atom is 0.243 e. The number of aryl methyl sites for hydroxylation is 1. The van der Waals surface area contributed by atoms with Crippen molar-refractivity contribution in [3.8, 4) is 0 Å². The van der Waals surface area contributed by atoms with Gasteiger partial charge in [0.05, 0.1) is 10.0 Å². The first-order valence-electron chi connectivity index (χ1n) is 11.9. The van der Waals surface area contributed by atoms with Crippen molar-refractivity contribution in [1.29, 1.82) is 0 Å². The van der Waals surface area contributed by atoms with Crippen LogP contribution in [-0.4, -0.2) is 28.3 Å². The topological polar surface area (TPSA) is 49.4 Å². The maximum atomic E-state index is 13.7. The van der Waals surface area contributed by atoms with E-state index in [0.717, 1.165) is 16.7 Å². The molecule has 0 radical (unpaired) electrons. The van der Waals surface area contributed by atoms with E-state index in [1.807, 2.05) is 81.4 Å². The van der Waals surface area contributed by atoms with E-state index >= 15 is 0 Å². The Kier molecular flexibility index (Phi) is 9.84. The third kappa shape index (κ3) is 8.26. The lowest BCUT2D eigenvalue weighted by atomic mass is 10.00. The number of carbonyl (C=O) groups excluding carboxylic acids is 2. The lowest BCUT2D eigenvalue weighted by Gasteiger charge is -2.34. The summed E-state index contributed by atoms with van der Waals surface area (Å²) in [5, 5.41) is 4.51. The zero-order valence-electron chi connectivity index (χ0n) is 20.7. The van der Waals surface area contributed by atoms with Gasteiger partial charge in [-0.3, -0.25) is 9.59 Å². The minimum absolute atomic E-state index is 0.147. The first-order valence-corrected chi connectivity index (χ1v) is 13.0. The monoisotopic (exact) mass is 544 g/mol. The fraction of sp³-hybridized carbons (Fsp3) is 0.310. The largest absolute Gasteiger partial charge is 0.350 e. The lowest BCUT2D eigenvalue weighted by molar-refractivity contribution is -0.141. The van der Waals surface area contributed by atoms with Crippen LogP contribution in [0.15, 0.2) is 72.8 Å². The van der Waals surface area contributed by atoms with E-state index in [0.29, 0.717) is 27.9 Å². The Balaban J connectivity index is 1.96. The highest BCUT2D eigenvalue weighted by Crippen LogP contribution is 2.25. The number of carbonyl (C=O) groups is 2. The zero-order chi connectivity index (χ0) is 26.3. The van der Waals surface area contributed by atoms with Gasteiger partial charge in [-0.05, 0) is 62.1 Å². The van der Waals surface area contributed by atoms with Crippen LogP contribution in [0.3, 0.4) is 0 Å². The van der Waals surface area contributed by atoms with E-state index in [4.69, 9.17) is 34.8 Å². The van der Waals surface area contributed by atoms with Gasteiger partial charge in [0.1, 0.15) is 6.04 Å². The van der Waals surface area contributed by atoms with Crippen molar-refractivity contribution >= 4 is 46.6 Å². The molecule has 0 aliphatic rings. The number of hydrogen-bond acceptors (Lipinski definition) is 2. The van der Waals surface area contributed by atoms with E-state index in [1.165, 1.54) is 0 Å². The summed E-state index contributed by atoms with van der Waals surface area (Å²) >= 11 is 18.7. The Labute approximate surface area is 228 Å². The molecular weight excluding hydrogens is 515 g/mol. The molecule has 3 aromatic carbocycles. The second kappa shape index (κ2) is 12.6. The summed E-state index contributed by atoms with van der Waals surface area (Å²) in [5.41, 5.74) is 2.18. The maximum absolute atomic E-state index is 13.7. The van der Waals surface area contributed by atoms with Gasteiger partial charge in [0.25, 0.3) is 0 Å². The molecule has 0 heterocycles. The fourth-order valence-corrected chi connectivity index (χ4v) is 4.48. The minimum atomic E-state index is -0.722. The van der Waals surface area contributed by atoms with Crippen LogP contribution in [0.5, 0.6) is 0 Å². The van der Waals surface area contributed by atoms with Crippen molar-refractivity contribution in [3.05, 3.63) is 105 Å². The molecule has 0 bridgehead atoms. The van der Waals surface area contributed by atoms with Gasteiger partial charge in [0.2, 0.25) is 11.8 Å². The van der Waals surface area contributed by atoms with Gasteiger partial charge in [-0.1, -0.05) is 89.4 Å². The molecule has 7 heteroatoms. The molecule has 3 rings (SSSR count). The Hall–Kier alpha value is -2.53. The Morgan fingerprint density at radius 2 is 1.50 bits per heavy atom. The summed E-state index contributed by atoms with van der Waals surface area (Å²) < 4.78 is 0. The Morgan fingerprint density at radius 1 is 0.833 bits per heavy atom. The molecule has 0 unspecified atom stereocenters. The summed E-state index contributed by atoms with van der Waals surface area (Å²) in [4.78, 5) is 28.9. The van der Waals surface area contributed by atoms with E-state index < -0.39 is 11.6 Å². The summed E-state index contributed by atoms with van der Waals surface area (Å²) in [6.07, 6.45) is 1.05. The molecule has 3 aromatic rings. The standard InChI is InChI=1S/C29H31Cl3N2O2/c1-29(2,3)33-28(36)26(18-20-9-5-4-6-10-20)34(19-21-13-15-24(31)25(32)17-21)27(35)16-14-22-11-7-8-12-23(22)30/h4-13,15,17,26H,14,16,18-19H2,1-3H3,(H,33,36)/t26-/m0/s1. The first kappa shape index (κ1) is 28.0. The quantitative estimate of drug-likeness (QED) is 0.311. The molecule has 2 amide bonds. The van der Waals surface area contributed by atoms with Crippen molar-refractivity contribution in [2.75, 3.05) is 0 Å². The highest BCUT2D eigenvalue weighted by molar-refractivity contribution is 6.42. The molecule has 190 valence electrons. The second-order valence-electron chi connectivity index (χ2n) is 9.81. The number of rotatable bonds is 9. The molecule has 36 heavy (non-hydrogen) atoms. The number of benzene rings is 3. The third-order valence-corrected chi connectivity index (χ3v) is 6.78. The zero-order valence-corrected chi connectivity index (χ0v) is 23.0. The normalized spacial score (nSPS) is 12.2. The summed E-state index contributed by atoms with van der Waals surface area (Å²) in [6.45, 7) is 5.99. The lowest BCUT2D eigenvalue weighted by Crippen LogP contribution is -2.54. The van der Waals surface area contributed by atoms with Gasteiger partial charge >= 0.3 is 0 Å². The third-order valence-electron chi connectivity index (χ3n) is 5.67. The highest BCUT2D eigenvalue weighted by Gasteiger charge is 2.32. The van der Waals surface area contributed by atoms with Crippen molar-refractivity contribution in [2.24, 2.45) is 0 Å². The van der Waals surface area contributed by atoms with Crippen LogP contribution >= 0.6 is 34.8 Å². The molecule has 0 aliphatic heterocycles. The van der Waals surface area contributed by atoms with Crippen molar-refractivity contribution in [2.45, 2.75) is 58.2 Å². The molecular formula is C29H31Cl3N2O2. The number of halogens is 3. The summed E-state index contributed by atoms with van der Waals surface area (Å²) in [7, 11) is 0. The Bertz CT molecular complexity index is 1190. The molecule has 1 N–H and O–H groups in total. The van der Waals surface area contributed by atoms with Crippen LogP contribution in [-0.2, 0) is 29.0 Å². The van der Waals surface area contributed by atoms with Crippen molar-refractivity contribution in [1.82, 2.24) is 10.2 Å². The van der Waals surface area contributed by atoms with E-state index in [-0.39, 0.29) is 24.8 Å². The van der Waals surface area contributed by atoms with Gasteiger partial charge < -0.3 is 10.2 Å². The van der Waals surface area contributed by atoms with Gasteiger partial charge in [-0.25, -0.2) is 0 Å². The van der Waals surface area contributed by atoms with Crippen LogP contribution in [0.1, 0.15) is 43.9 Å². The molecule has 4 nitrogen and oxygen atoms in total. The molecule has 0 spiro atoms. The molecule has 0 fully saturated rings. The molecule has 1 atom stereocenters. The summed E-state index contributed by atoms with van der Waals surface area (Å²) in [6, 6.07) is 21.7. The average molecular weight is 546 g/mol. The van der Waals surface area contributed by atoms with E-state index in [1.54, 1.807) is 17.0 Å². The molecule has 0 saturated carbocycles. The smallest absolute Gasteiger partial charge is 0.243 e. The van der Waals surface area contributed by atoms with Gasteiger partial charge in [0, 0.05) is 29.9 Å². The molecule has 0 saturated heterocycles. The van der Waals surface area contributed by atoms with Crippen LogP contribution in [0.2, 0.25) is 15.1 Å².